The van der Waals surface area contributed by atoms with Crippen LogP contribution in [-0.4, -0.2) is 41.0 Å². The van der Waals surface area contributed by atoms with E-state index < -0.39 is 17.8 Å². The third kappa shape index (κ3) is 8.53. The van der Waals surface area contributed by atoms with E-state index in [1.54, 1.807) is 61.7 Å². The van der Waals surface area contributed by atoms with Gasteiger partial charge in [-0.3, -0.25) is 14.4 Å². The fraction of sp³-hybridized carbons (Fsp3) is 0.231. The van der Waals surface area contributed by atoms with Crippen LogP contribution in [0.3, 0.4) is 0 Å². The topological polar surface area (TPSA) is 129 Å². The second-order valence-electron chi connectivity index (χ2n) is 11.8. The highest BCUT2D eigenvalue weighted by Gasteiger charge is 2.26. The summed E-state index contributed by atoms with van der Waals surface area (Å²) in [5.74, 6) is -1.45. The molecular formula is C39H38N4O5S2. The first kappa shape index (κ1) is 34.7. The van der Waals surface area contributed by atoms with E-state index in [1.165, 1.54) is 23.1 Å². The average molecular weight is 707 g/mol. The van der Waals surface area contributed by atoms with Gasteiger partial charge in [0, 0.05) is 43.7 Å². The number of aryl methyl sites for hydroxylation is 1. The fourth-order valence-electron chi connectivity index (χ4n) is 5.91. The smallest absolute Gasteiger partial charge is 0.341 e. The number of carbonyl (C=O) groups is 4. The fourth-order valence-corrected chi connectivity index (χ4v) is 7.96. The average Bonchev–Trinajstić information content (AvgIpc) is 3.67. The number of thioether (sulfide) groups is 1. The summed E-state index contributed by atoms with van der Waals surface area (Å²) < 4.78 is 5.38. The largest absolute Gasteiger partial charge is 0.462 e. The molecule has 2 aromatic heterocycles. The molecule has 3 aromatic carbocycles. The Kier molecular flexibility index (Phi) is 11.5. The van der Waals surface area contributed by atoms with Crippen molar-refractivity contribution >= 4 is 74.5 Å². The number of H-pyrrole nitrogens is 1. The molecule has 0 radical (unpaired) electrons. The van der Waals surface area contributed by atoms with Crippen molar-refractivity contribution in [1.29, 1.82) is 0 Å². The van der Waals surface area contributed by atoms with E-state index in [1.807, 2.05) is 36.4 Å². The molecule has 1 aliphatic carbocycles. The Balaban J connectivity index is 1.15. The van der Waals surface area contributed by atoms with Gasteiger partial charge >= 0.3 is 5.97 Å². The number of ether oxygens (including phenoxy) is 1. The van der Waals surface area contributed by atoms with Crippen LogP contribution in [-0.2, 0) is 27.2 Å². The Bertz CT molecular complexity index is 2050. The summed E-state index contributed by atoms with van der Waals surface area (Å²) in [5, 5.41) is 10.1. The Morgan fingerprint density at radius 3 is 2.50 bits per heavy atom. The normalized spacial score (nSPS) is 13.1. The summed E-state index contributed by atoms with van der Waals surface area (Å²) in [6, 6.07) is 23.6. The molecule has 0 unspecified atom stereocenters. The van der Waals surface area contributed by atoms with Crippen molar-refractivity contribution in [2.75, 3.05) is 23.0 Å². The van der Waals surface area contributed by atoms with Crippen LogP contribution in [0.5, 0.6) is 0 Å². The minimum absolute atomic E-state index is 0.0727. The van der Waals surface area contributed by atoms with Gasteiger partial charge in [-0.05, 0) is 80.6 Å². The number of aromatic nitrogens is 1. The van der Waals surface area contributed by atoms with Crippen LogP contribution in [0.25, 0.3) is 17.0 Å². The van der Waals surface area contributed by atoms with Crippen molar-refractivity contribution in [2.45, 2.75) is 50.3 Å². The lowest BCUT2D eigenvalue weighted by Gasteiger charge is -2.12. The van der Waals surface area contributed by atoms with Gasteiger partial charge < -0.3 is 25.7 Å². The number of hydrogen-bond donors (Lipinski definition) is 4. The van der Waals surface area contributed by atoms with Crippen LogP contribution in [0.1, 0.15) is 69.3 Å². The molecule has 256 valence electrons. The summed E-state index contributed by atoms with van der Waals surface area (Å²) in [6.07, 6.45) is 9.49. The van der Waals surface area contributed by atoms with Crippen LogP contribution < -0.4 is 16.0 Å². The van der Waals surface area contributed by atoms with E-state index in [2.05, 4.69) is 20.9 Å². The molecule has 0 aliphatic heterocycles. The Morgan fingerprint density at radius 2 is 1.68 bits per heavy atom. The highest BCUT2D eigenvalue weighted by atomic mass is 32.2. The highest BCUT2D eigenvalue weighted by Crippen LogP contribution is 2.38. The molecule has 6 rings (SSSR count). The van der Waals surface area contributed by atoms with Crippen LogP contribution >= 0.6 is 23.1 Å². The third-order valence-electron chi connectivity index (χ3n) is 8.32. The van der Waals surface area contributed by atoms with Crippen LogP contribution in [0.15, 0.2) is 95.7 Å². The summed E-state index contributed by atoms with van der Waals surface area (Å²) in [4.78, 5) is 58.1. The van der Waals surface area contributed by atoms with Crippen molar-refractivity contribution in [3.05, 3.63) is 118 Å². The first-order chi connectivity index (χ1) is 24.4. The second-order valence-corrected chi connectivity index (χ2v) is 14.0. The molecular weight excluding hydrogens is 669 g/mol. The lowest BCUT2D eigenvalue weighted by molar-refractivity contribution is -0.114. The maximum absolute atomic E-state index is 13.7. The molecule has 0 saturated carbocycles. The molecule has 4 N–H and O–H groups in total. The lowest BCUT2D eigenvalue weighted by atomic mass is 9.96. The minimum Gasteiger partial charge on any atom is -0.462 e. The first-order valence-corrected chi connectivity index (χ1v) is 18.5. The lowest BCUT2D eigenvalue weighted by Crippen LogP contribution is -2.30. The summed E-state index contributed by atoms with van der Waals surface area (Å²) in [6.45, 7) is 2.04. The number of thiophene rings is 1. The molecule has 0 bridgehead atoms. The second kappa shape index (κ2) is 16.5. The third-order valence-corrected chi connectivity index (χ3v) is 10.5. The van der Waals surface area contributed by atoms with Crippen molar-refractivity contribution in [3.8, 4) is 0 Å². The summed E-state index contributed by atoms with van der Waals surface area (Å²) in [7, 11) is 0. The monoisotopic (exact) mass is 706 g/mol. The highest BCUT2D eigenvalue weighted by molar-refractivity contribution is 8.00. The van der Waals surface area contributed by atoms with Crippen molar-refractivity contribution in [3.63, 3.8) is 0 Å². The van der Waals surface area contributed by atoms with Crippen LogP contribution in [0.4, 0.5) is 10.7 Å². The number of amides is 3. The predicted molar refractivity (Wildman–Crippen MR) is 201 cm³/mol. The molecule has 9 nitrogen and oxygen atoms in total. The quantitative estimate of drug-likeness (QED) is 0.0623. The molecule has 2 heterocycles. The number of esters is 1. The molecule has 50 heavy (non-hydrogen) atoms. The van der Waals surface area contributed by atoms with E-state index in [0.717, 1.165) is 70.3 Å². The standard InChI is InChI=1S/C39H38N4O5S2/c1-2-48-39(47)35-30-18-8-3-4-9-20-33(30)50-38(35)43-34(44)24-49-28-16-12-15-27(22-28)41-37(46)32(42-36(45)25-13-6-5-7-14-25)21-26-23-40-31-19-11-10-17-29(26)31/h5-7,10-17,19,21-23,40H,2-4,8-9,18,20,24H2,1H3,(H,41,46)(H,42,45)(H,43,44)/b32-21-. The number of fused-ring (bicyclic) bond motifs is 2. The number of nitrogens with one attached hydrogen (secondary N) is 4. The minimum atomic E-state index is -0.501. The Labute approximate surface area is 298 Å². The summed E-state index contributed by atoms with van der Waals surface area (Å²) in [5.41, 5.74) is 4.15. The van der Waals surface area contributed by atoms with Gasteiger partial charge in [-0.2, -0.15) is 0 Å². The van der Waals surface area contributed by atoms with Gasteiger partial charge in [0.1, 0.15) is 10.7 Å². The Hall–Kier alpha value is -5.13. The van der Waals surface area contributed by atoms with Gasteiger partial charge in [0.15, 0.2) is 0 Å². The molecule has 0 atom stereocenters. The van der Waals surface area contributed by atoms with Crippen molar-refractivity contribution < 1.29 is 23.9 Å². The van der Waals surface area contributed by atoms with Gasteiger partial charge in [0.25, 0.3) is 11.8 Å². The van der Waals surface area contributed by atoms with E-state index >= 15 is 0 Å². The SMILES string of the molecule is CCOC(=O)c1c(NC(=O)CSc2cccc(NC(=O)/C(=C/c3c[nH]c4ccccc34)NC(=O)c3ccccc3)c2)sc2c1CCCCCC2. The van der Waals surface area contributed by atoms with E-state index in [4.69, 9.17) is 4.74 Å². The maximum Gasteiger partial charge on any atom is 0.341 e. The van der Waals surface area contributed by atoms with Crippen LogP contribution in [0, 0.1) is 0 Å². The first-order valence-electron chi connectivity index (χ1n) is 16.7. The molecule has 1 aliphatic rings. The number of anilines is 2. The molecule has 5 aromatic rings. The summed E-state index contributed by atoms with van der Waals surface area (Å²) >= 11 is 2.79. The molecule has 3 amide bonds. The number of rotatable bonds is 11. The van der Waals surface area contributed by atoms with Crippen molar-refractivity contribution in [1.82, 2.24) is 10.3 Å². The maximum atomic E-state index is 13.7. The van der Waals surface area contributed by atoms with E-state index in [0.29, 0.717) is 21.8 Å². The van der Waals surface area contributed by atoms with E-state index in [9.17, 15) is 19.2 Å². The number of benzene rings is 3. The van der Waals surface area contributed by atoms with Crippen molar-refractivity contribution in [2.24, 2.45) is 0 Å². The van der Waals surface area contributed by atoms with Gasteiger partial charge in [-0.1, -0.05) is 55.3 Å². The van der Waals surface area contributed by atoms with Gasteiger partial charge in [-0.25, -0.2) is 4.79 Å². The number of carbonyl (C=O) groups excluding carboxylic acids is 4. The van der Waals surface area contributed by atoms with Gasteiger partial charge in [-0.15, -0.1) is 23.1 Å². The molecule has 11 heteroatoms. The zero-order valence-corrected chi connectivity index (χ0v) is 29.3. The number of aromatic amines is 1. The predicted octanol–water partition coefficient (Wildman–Crippen LogP) is 8.21. The van der Waals surface area contributed by atoms with E-state index in [-0.39, 0.29) is 24.0 Å². The van der Waals surface area contributed by atoms with Gasteiger partial charge in [0.2, 0.25) is 5.91 Å². The molecule has 0 spiro atoms. The zero-order chi connectivity index (χ0) is 34.9. The Morgan fingerprint density at radius 1 is 0.900 bits per heavy atom. The molecule has 0 saturated heterocycles. The van der Waals surface area contributed by atoms with Crippen LogP contribution in [0.2, 0.25) is 0 Å². The molecule has 0 fully saturated rings. The zero-order valence-electron chi connectivity index (χ0n) is 27.7. The number of hydrogen-bond acceptors (Lipinski definition) is 7. The number of para-hydroxylation sites is 1. The van der Waals surface area contributed by atoms with Gasteiger partial charge in [0.05, 0.1) is 17.9 Å².